The molecule has 0 saturated carbocycles. The van der Waals surface area contributed by atoms with Crippen molar-refractivity contribution in [3.8, 4) is 17.2 Å². The van der Waals surface area contributed by atoms with E-state index in [-0.39, 0.29) is 0 Å². The van der Waals surface area contributed by atoms with Crippen molar-refractivity contribution in [3.05, 3.63) is 78.0 Å². The number of ether oxygens (including phenoxy) is 3. The maximum atomic E-state index is 6.17. The molecule has 3 aromatic rings. The van der Waals surface area contributed by atoms with Crippen LogP contribution in [0.2, 0.25) is 5.02 Å². The van der Waals surface area contributed by atoms with E-state index in [1.54, 1.807) is 39.1 Å². The molecule has 0 saturated heterocycles. The number of methoxy groups -OCH3 is 2. The molecule has 0 N–H and O–H groups in total. The van der Waals surface area contributed by atoms with Crippen LogP contribution < -0.4 is 14.2 Å². The molecule has 0 aliphatic carbocycles. The van der Waals surface area contributed by atoms with Crippen LogP contribution in [0.5, 0.6) is 17.2 Å². The van der Waals surface area contributed by atoms with E-state index in [4.69, 9.17) is 25.8 Å². The van der Waals surface area contributed by atoms with E-state index in [9.17, 15) is 0 Å². The third-order valence-corrected chi connectivity index (χ3v) is 3.82. The molecular weight excluding hydrogens is 340 g/mol. The summed E-state index contributed by atoms with van der Waals surface area (Å²) in [6.07, 6.45) is 6.84. The summed E-state index contributed by atoms with van der Waals surface area (Å²) in [6.45, 7) is 0. The molecule has 5 nitrogen and oxygen atoms in total. The Morgan fingerprint density at radius 2 is 1.80 bits per heavy atom. The summed E-state index contributed by atoms with van der Waals surface area (Å²) in [6, 6.07) is 12.7. The molecule has 25 heavy (non-hydrogen) atoms. The second kappa shape index (κ2) is 7.77. The van der Waals surface area contributed by atoms with Gasteiger partial charge in [-0.3, -0.25) is 0 Å². The third-order valence-electron chi connectivity index (χ3n) is 3.59. The smallest absolute Gasteiger partial charge is 0.128 e. The van der Waals surface area contributed by atoms with Crippen LogP contribution in [0.25, 0.3) is 5.70 Å². The Bertz CT molecular complexity index is 859. The molecule has 0 radical (unpaired) electrons. The van der Waals surface area contributed by atoms with Crippen LogP contribution in [-0.2, 0) is 0 Å². The molecule has 1 heterocycles. The van der Waals surface area contributed by atoms with Crippen LogP contribution >= 0.6 is 11.6 Å². The second-order valence-corrected chi connectivity index (χ2v) is 5.55. The number of aromatic nitrogens is 2. The third kappa shape index (κ3) is 3.95. The molecule has 0 spiro atoms. The minimum Gasteiger partial charge on any atom is -0.497 e. The Morgan fingerprint density at radius 3 is 2.44 bits per heavy atom. The maximum absolute atomic E-state index is 6.17. The highest BCUT2D eigenvalue weighted by molar-refractivity contribution is 6.30. The fraction of sp³-hybridized carbons (Fsp3) is 0.105. The number of hydrogen-bond donors (Lipinski definition) is 0. The van der Waals surface area contributed by atoms with Crippen molar-refractivity contribution in [1.29, 1.82) is 0 Å². The second-order valence-electron chi connectivity index (χ2n) is 5.11. The lowest BCUT2D eigenvalue weighted by atomic mass is 10.1. The van der Waals surface area contributed by atoms with Gasteiger partial charge in [-0.2, -0.15) is 0 Å². The Labute approximate surface area is 151 Å². The molecule has 2 aromatic carbocycles. The molecule has 128 valence electrons. The lowest BCUT2D eigenvalue weighted by Gasteiger charge is -2.14. The number of benzene rings is 2. The predicted octanol–water partition coefficient (Wildman–Crippen LogP) is 4.48. The fourth-order valence-corrected chi connectivity index (χ4v) is 2.50. The van der Waals surface area contributed by atoms with Gasteiger partial charge in [0.25, 0.3) is 0 Å². The fourth-order valence-electron chi connectivity index (χ4n) is 2.32. The van der Waals surface area contributed by atoms with Gasteiger partial charge in [-0.05, 0) is 42.5 Å². The first kappa shape index (κ1) is 16.9. The van der Waals surface area contributed by atoms with Crippen LogP contribution in [0.15, 0.2) is 67.4 Å². The molecule has 0 amide bonds. The minimum absolute atomic E-state index is 0.603. The molecular formula is C19H17ClN2O3. The summed E-state index contributed by atoms with van der Waals surface area (Å²) >= 11 is 6.17. The van der Waals surface area contributed by atoms with Gasteiger partial charge in [0.1, 0.15) is 23.5 Å². The van der Waals surface area contributed by atoms with Crippen LogP contribution in [-0.4, -0.2) is 23.8 Å². The molecule has 0 unspecified atom stereocenters. The molecule has 6 heteroatoms. The topological polar surface area (TPSA) is 45.5 Å². The quantitative estimate of drug-likeness (QED) is 0.611. The summed E-state index contributed by atoms with van der Waals surface area (Å²) in [7, 11) is 3.24. The van der Waals surface area contributed by atoms with Crippen molar-refractivity contribution < 1.29 is 14.2 Å². The largest absolute Gasteiger partial charge is 0.497 e. The van der Waals surface area contributed by atoms with Gasteiger partial charge in [0.2, 0.25) is 0 Å². The maximum Gasteiger partial charge on any atom is 0.128 e. The minimum atomic E-state index is 0.603. The Hall–Kier alpha value is -2.92. The molecule has 1 aromatic heterocycles. The molecule has 0 fully saturated rings. The number of imidazole rings is 1. The Morgan fingerprint density at radius 1 is 1.04 bits per heavy atom. The van der Waals surface area contributed by atoms with Gasteiger partial charge in [-0.1, -0.05) is 11.6 Å². The van der Waals surface area contributed by atoms with Gasteiger partial charge in [-0.25, -0.2) is 4.98 Å². The zero-order chi connectivity index (χ0) is 17.6. The zero-order valence-electron chi connectivity index (χ0n) is 13.8. The van der Waals surface area contributed by atoms with Crippen molar-refractivity contribution >= 4 is 17.3 Å². The summed E-state index contributed by atoms with van der Waals surface area (Å²) in [5.74, 6) is 2.13. The zero-order valence-corrected chi connectivity index (χ0v) is 14.6. The lowest BCUT2D eigenvalue weighted by Crippen LogP contribution is -2.01. The number of hydrogen-bond acceptors (Lipinski definition) is 4. The van der Waals surface area contributed by atoms with Gasteiger partial charge in [0, 0.05) is 23.0 Å². The van der Waals surface area contributed by atoms with Gasteiger partial charge >= 0.3 is 0 Å². The average molecular weight is 357 g/mol. The molecule has 0 aliphatic heterocycles. The predicted molar refractivity (Wildman–Crippen MR) is 97.2 cm³/mol. The van der Waals surface area contributed by atoms with E-state index in [2.05, 4.69) is 4.98 Å². The van der Waals surface area contributed by atoms with Crippen molar-refractivity contribution in [2.24, 2.45) is 0 Å². The van der Waals surface area contributed by atoms with E-state index in [0.29, 0.717) is 16.5 Å². The average Bonchev–Trinajstić information content (AvgIpc) is 3.17. The summed E-state index contributed by atoms with van der Waals surface area (Å²) in [4.78, 5) is 4.10. The Kier molecular flexibility index (Phi) is 5.26. The lowest BCUT2D eigenvalue weighted by molar-refractivity contribution is 0.411. The number of halogens is 1. The highest BCUT2D eigenvalue weighted by Crippen LogP contribution is 2.30. The highest BCUT2D eigenvalue weighted by atomic mass is 35.5. The van der Waals surface area contributed by atoms with Gasteiger partial charge < -0.3 is 18.8 Å². The summed E-state index contributed by atoms with van der Waals surface area (Å²) in [5.41, 5.74) is 1.54. The van der Waals surface area contributed by atoms with Crippen LogP contribution in [0, 0.1) is 0 Å². The van der Waals surface area contributed by atoms with Gasteiger partial charge in [0.05, 0.1) is 26.2 Å². The summed E-state index contributed by atoms with van der Waals surface area (Å²) in [5, 5.41) is 0.603. The molecule has 3 rings (SSSR count). The van der Waals surface area contributed by atoms with Gasteiger partial charge in [-0.15, -0.1) is 0 Å². The molecule has 0 aliphatic rings. The Balaban J connectivity index is 1.99. The van der Waals surface area contributed by atoms with E-state index in [1.807, 2.05) is 47.2 Å². The summed E-state index contributed by atoms with van der Waals surface area (Å²) < 4.78 is 18.3. The first-order valence-corrected chi connectivity index (χ1v) is 7.92. The van der Waals surface area contributed by atoms with Crippen molar-refractivity contribution in [3.63, 3.8) is 0 Å². The van der Waals surface area contributed by atoms with E-state index in [0.717, 1.165) is 17.0 Å². The number of rotatable bonds is 6. The van der Waals surface area contributed by atoms with E-state index in [1.165, 1.54) is 0 Å². The normalized spacial score (nSPS) is 11.2. The number of nitrogens with zero attached hydrogens (tertiary/aromatic N) is 2. The standard InChI is InChI=1S/C19H17ClN2O3/c1-23-15-4-6-16(7-5-15)25-12-18(22-10-9-21-13-22)17-11-14(20)3-8-19(17)24-2/h3-13H,1-2H3. The first-order chi connectivity index (χ1) is 12.2. The van der Waals surface area contributed by atoms with Crippen molar-refractivity contribution in [2.45, 2.75) is 0 Å². The molecule has 0 bridgehead atoms. The highest BCUT2D eigenvalue weighted by Gasteiger charge is 2.12. The van der Waals surface area contributed by atoms with Crippen LogP contribution in [0.4, 0.5) is 0 Å². The van der Waals surface area contributed by atoms with Gasteiger partial charge in [0.15, 0.2) is 0 Å². The van der Waals surface area contributed by atoms with Crippen LogP contribution in [0.3, 0.4) is 0 Å². The molecule has 0 atom stereocenters. The van der Waals surface area contributed by atoms with Crippen molar-refractivity contribution in [2.75, 3.05) is 14.2 Å². The first-order valence-electron chi connectivity index (χ1n) is 7.54. The van der Waals surface area contributed by atoms with Crippen molar-refractivity contribution in [1.82, 2.24) is 9.55 Å². The SMILES string of the molecule is COc1ccc(OC=C(c2cc(Cl)ccc2OC)n2ccnc2)cc1. The van der Waals surface area contributed by atoms with E-state index < -0.39 is 0 Å². The van der Waals surface area contributed by atoms with E-state index >= 15 is 0 Å². The van der Waals surface area contributed by atoms with Crippen LogP contribution in [0.1, 0.15) is 5.56 Å². The monoisotopic (exact) mass is 356 g/mol.